The normalized spacial score (nSPS) is 19.6. The third-order valence-corrected chi connectivity index (χ3v) is 4.32. The lowest BCUT2D eigenvalue weighted by atomic mass is 9.97. The van der Waals surface area contributed by atoms with Crippen molar-refractivity contribution >= 4 is 29.2 Å². The molecule has 0 radical (unpaired) electrons. The summed E-state index contributed by atoms with van der Waals surface area (Å²) in [7, 11) is 0. The van der Waals surface area contributed by atoms with Gasteiger partial charge in [-0.25, -0.2) is 0 Å². The monoisotopic (exact) mass is 330 g/mol. The molecule has 4 nitrogen and oxygen atoms in total. The van der Waals surface area contributed by atoms with Gasteiger partial charge < -0.3 is 10.4 Å². The minimum atomic E-state index is -0.812. The van der Waals surface area contributed by atoms with Gasteiger partial charge in [0.25, 0.3) is 0 Å². The first-order chi connectivity index (χ1) is 10.0. The molecule has 0 amide bonds. The van der Waals surface area contributed by atoms with E-state index in [9.17, 15) is 4.79 Å². The first-order valence-corrected chi connectivity index (χ1v) is 7.89. The zero-order valence-electron chi connectivity index (χ0n) is 11.8. The van der Waals surface area contributed by atoms with Gasteiger partial charge in [0.15, 0.2) is 0 Å². The van der Waals surface area contributed by atoms with Crippen LogP contribution in [0.3, 0.4) is 0 Å². The van der Waals surface area contributed by atoms with Crippen LogP contribution in [-0.2, 0) is 11.3 Å². The van der Waals surface area contributed by atoms with E-state index in [0.29, 0.717) is 10.9 Å². The number of piperidine rings is 1. The van der Waals surface area contributed by atoms with Crippen LogP contribution in [0.4, 0.5) is 0 Å². The summed E-state index contributed by atoms with van der Waals surface area (Å²) in [5, 5.41) is 13.1. The topological polar surface area (TPSA) is 52.6 Å². The van der Waals surface area contributed by atoms with Gasteiger partial charge in [0.05, 0.1) is 6.54 Å². The molecular weight excluding hydrogens is 311 g/mol. The minimum absolute atomic E-state index is 0.0244. The zero-order chi connectivity index (χ0) is 15.2. The van der Waals surface area contributed by atoms with Crippen molar-refractivity contribution in [2.24, 2.45) is 5.92 Å². The molecule has 1 aliphatic rings. The molecule has 6 heteroatoms. The van der Waals surface area contributed by atoms with Gasteiger partial charge in [0.1, 0.15) is 0 Å². The summed E-state index contributed by atoms with van der Waals surface area (Å²) in [5.41, 5.74) is 1.04. The number of likely N-dealkylation sites (tertiary alicyclic amines) is 1. The van der Waals surface area contributed by atoms with Crippen LogP contribution < -0.4 is 5.32 Å². The molecule has 116 valence electrons. The fourth-order valence-corrected chi connectivity index (χ4v) is 3.12. The highest BCUT2D eigenvalue weighted by atomic mass is 35.5. The van der Waals surface area contributed by atoms with E-state index in [2.05, 4.69) is 10.2 Å². The van der Waals surface area contributed by atoms with Crippen LogP contribution in [0, 0.1) is 5.92 Å². The van der Waals surface area contributed by atoms with E-state index in [1.54, 1.807) is 6.07 Å². The second-order valence-corrected chi connectivity index (χ2v) is 6.35. The third-order valence-electron chi connectivity index (χ3n) is 3.71. The first kappa shape index (κ1) is 16.6. The lowest BCUT2D eigenvalue weighted by Crippen LogP contribution is -2.40. The van der Waals surface area contributed by atoms with Gasteiger partial charge in [0, 0.05) is 23.1 Å². The Balaban J connectivity index is 1.86. The van der Waals surface area contributed by atoms with E-state index >= 15 is 0 Å². The molecule has 21 heavy (non-hydrogen) atoms. The van der Waals surface area contributed by atoms with Crippen molar-refractivity contribution in [3.8, 4) is 0 Å². The number of hydrogen-bond acceptors (Lipinski definition) is 3. The largest absolute Gasteiger partial charge is 0.480 e. The highest BCUT2D eigenvalue weighted by Crippen LogP contribution is 2.24. The Kier molecular flexibility index (Phi) is 6.30. The fraction of sp³-hybridized carbons (Fsp3) is 0.533. The molecule has 0 aromatic heterocycles. The molecule has 1 aromatic rings. The predicted octanol–water partition coefficient (Wildman–Crippen LogP) is 2.88. The Bertz CT molecular complexity index is 497. The van der Waals surface area contributed by atoms with Gasteiger partial charge in [-0.3, -0.25) is 9.69 Å². The maximum Gasteiger partial charge on any atom is 0.317 e. The Labute approximate surface area is 135 Å². The van der Waals surface area contributed by atoms with Crippen LogP contribution in [-0.4, -0.2) is 42.2 Å². The van der Waals surface area contributed by atoms with Crippen LogP contribution in [0.1, 0.15) is 18.4 Å². The Morgan fingerprint density at radius 3 is 3.00 bits per heavy atom. The van der Waals surface area contributed by atoms with Crippen LogP contribution >= 0.6 is 23.2 Å². The number of carboxylic acids is 1. The van der Waals surface area contributed by atoms with Crippen molar-refractivity contribution in [2.45, 2.75) is 19.4 Å². The van der Waals surface area contributed by atoms with Crippen molar-refractivity contribution in [1.29, 1.82) is 0 Å². The lowest BCUT2D eigenvalue weighted by Gasteiger charge is -2.33. The van der Waals surface area contributed by atoms with Gasteiger partial charge in [0.2, 0.25) is 0 Å². The third kappa shape index (κ3) is 5.47. The van der Waals surface area contributed by atoms with E-state index in [1.807, 2.05) is 12.1 Å². The molecule has 1 aliphatic heterocycles. The molecular formula is C15H20Cl2N2O2. The van der Waals surface area contributed by atoms with E-state index in [1.165, 1.54) is 0 Å². The van der Waals surface area contributed by atoms with E-state index in [4.69, 9.17) is 28.3 Å². The highest BCUT2D eigenvalue weighted by Gasteiger charge is 2.20. The molecule has 0 bridgehead atoms. The summed E-state index contributed by atoms with van der Waals surface area (Å²) < 4.78 is 0. The molecule has 1 fully saturated rings. The molecule has 1 atom stereocenters. The van der Waals surface area contributed by atoms with E-state index in [0.717, 1.165) is 49.6 Å². The number of rotatable bonds is 6. The number of nitrogens with zero attached hydrogens (tertiary/aromatic N) is 1. The van der Waals surface area contributed by atoms with Crippen LogP contribution in [0.5, 0.6) is 0 Å². The van der Waals surface area contributed by atoms with Crippen LogP contribution in [0.2, 0.25) is 10.0 Å². The Morgan fingerprint density at radius 1 is 1.43 bits per heavy atom. The molecule has 0 saturated carbocycles. The summed E-state index contributed by atoms with van der Waals surface area (Å²) in [4.78, 5) is 12.9. The standard InChI is InChI=1S/C15H20Cl2N2O2/c16-13-3-4-14(17)12(6-13)10-19-5-1-2-11(9-19)7-18-8-15(20)21/h3-4,6,11,18H,1-2,5,7-10H2,(H,20,21). The van der Waals surface area contributed by atoms with Crippen LogP contribution in [0.15, 0.2) is 18.2 Å². The van der Waals surface area contributed by atoms with Gasteiger partial charge >= 0.3 is 5.97 Å². The lowest BCUT2D eigenvalue weighted by molar-refractivity contribution is -0.136. The second-order valence-electron chi connectivity index (χ2n) is 5.50. The number of halogens is 2. The maximum atomic E-state index is 10.5. The number of carboxylic acid groups (broad SMARTS) is 1. The summed E-state index contributed by atoms with van der Waals surface area (Å²) in [6.07, 6.45) is 2.25. The highest BCUT2D eigenvalue weighted by molar-refractivity contribution is 6.33. The number of aliphatic carboxylic acids is 1. The molecule has 1 aromatic carbocycles. The Hall–Kier alpha value is -0.810. The fourth-order valence-electron chi connectivity index (χ4n) is 2.75. The quantitative estimate of drug-likeness (QED) is 0.842. The SMILES string of the molecule is O=C(O)CNCC1CCCN(Cc2cc(Cl)ccc2Cl)C1. The first-order valence-electron chi connectivity index (χ1n) is 7.13. The summed E-state index contributed by atoms with van der Waals surface area (Å²) in [6.45, 7) is 3.55. The summed E-state index contributed by atoms with van der Waals surface area (Å²) in [6, 6.07) is 5.54. The van der Waals surface area contributed by atoms with Crippen molar-refractivity contribution in [3.05, 3.63) is 33.8 Å². The number of hydrogen-bond donors (Lipinski definition) is 2. The van der Waals surface area contributed by atoms with E-state index in [-0.39, 0.29) is 6.54 Å². The zero-order valence-corrected chi connectivity index (χ0v) is 13.3. The number of benzene rings is 1. The summed E-state index contributed by atoms with van der Waals surface area (Å²) in [5.74, 6) is -0.329. The molecule has 2 N–H and O–H groups in total. The molecule has 0 spiro atoms. The average molecular weight is 331 g/mol. The van der Waals surface area contributed by atoms with Gasteiger partial charge in [-0.05, 0) is 55.6 Å². The van der Waals surface area contributed by atoms with Gasteiger partial charge in [-0.15, -0.1) is 0 Å². The van der Waals surface area contributed by atoms with E-state index < -0.39 is 5.97 Å². The van der Waals surface area contributed by atoms with Gasteiger partial charge in [-0.1, -0.05) is 23.2 Å². The molecule has 0 aliphatic carbocycles. The number of carbonyl (C=O) groups is 1. The van der Waals surface area contributed by atoms with Crippen molar-refractivity contribution in [3.63, 3.8) is 0 Å². The Morgan fingerprint density at radius 2 is 2.24 bits per heavy atom. The molecule has 2 rings (SSSR count). The van der Waals surface area contributed by atoms with Crippen LogP contribution in [0.25, 0.3) is 0 Å². The molecule has 1 heterocycles. The maximum absolute atomic E-state index is 10.5. The molecule has 1 unspecified atom stereocenters. The van der Waals surface area contributed by atoms with Crippen molar-refractivity contribution in [2.75, 3.05) is 26.2 Å². The second kappa shape index (κ2) is 7.99. The summed E-state index contributed by atoms with van der Waals surface area (Å²) >= 11 is 12.2. The number of nitrogens with one attached hydrogen (secondary N) is 1. The van der Waals surface area contributed by atoms with Crippen molar-refractivity contribution in [1.82, 2.24) is 10.2 Å². The van der Waals surface area contributed by atoms with Crippen molar-refractivity contribution < 1.29 is 9.90 Å². The smallest absolute Gasteiger partial charge is 0.317 e. The molecule has 1 saturated heterocycles. The predicted molar refractivity (Wildman–Crippen MR) is 85.0 cm³/mol. The van der Waals surface area contributed by atoms with Gasteiger partial charge in [-0.2, -0.15) is 0 Å². The average Bonchev–Trinajstić information content (AvgIpc) is 2.43. The minimum Gasteiger partial charge on any atom is -0.480 e.